The first-order chi connectivity index (χ1) is 10.0. The van der Waals surface area contributed by atoms with Gasteiger partial charge >= 0.3 is 0 Å². The number of nitrogens with zero attached hydrogens (tertiary/aromatic N) is 1. The fourth-order valence-electron chi connectivity index (χ4n) is 2.32. The molecule has 2 rings (SSSR count). The molecule has 0 aliphatic carbocycles. The van der Waals surface area contributed by atoms with Crippen molar-refractivity contribution in [3.8, 4) is 0 Å². The van der Waals surface area contributed by atoms with Gasteiger partial charge in [-0.1, -0.05) is 18.2 Å². The average molecular weight is 312 g/mol. The molecule has 1 saturated heterocycles. The van der Waals surface area contributed by atoms with E-state index >= 15 is 0 Å². The molecule has 1 aliphatic rings. The van der Waals surface area contributed by atoms with Crippen LogP contribution in [0.2, 0.25) is 0 Å². The van der Waals surface area contributed by atoms with Gasteiger partial charge in [0.2, 0.25) is 15.9 Å². The maximum Gasteiger partial charge on any atom is 0.241 e. The van der Waals surface area contributed by atoms with Crippen LogP contribution in [0.5, 0.6) is 0 Å². The first-order valence-corrected chi connectivity index (χ1v) is 8.44. The van der Waals surface area contributed by atoms with Gasteiger partial charge in [0.15, 0.2) is 0 Å². The number of carbonyl (C=O) groups excluding carboxylic acids is 1. The Balaban J connectivity index is 1.87. The van der Waals surface area contributed by atoms with Gasteiger partial charge in [0.25, 0.3) is 0 Å². The Morgan fingerprint density at radius 2 is 1.86 bits per heavy atom. The van der Waals surface area contributed by atoms with Crippen molar-refractivity contribution in [2.45, 2.75) is 17.7 Å². The predicted molar refractivity (Wildman–Crippen MR) is 78.0 cm³/mol. The second-order valence-electron chi connectivity index (χ2n) is 5.14. The van der Waals surface area contributed by atoms with Crippen LogP contribution in [-0.4, -0.2) is 50.6 Å². The highest BCUT2D eigenvalue weighted by Gasteiger charge is 2.23. The van der Waals surface area contributed by atoms with Crippen LogP contribution >= 0.6 is 0 Å². The number of carbonyl (C=O) groups is 1. The zero-order chi connectivity index (χ0) is 15.3. The van der Waals surface area contributed by atoms with Gasteiger partial charge < -0.3 is 10.0 Å². The van der Waals surface area contributed by atoms with Crippen LogP contribution in [0.15, 0.2) is 35.2 Å². The molecule has 0 atom stereocenters. The van der Waals surface area contributed by atoms with Gasteiger partial charge in [-0.2, -0.15) is 0 Å². The normalized spacial score (nSPS) is 16.9. The Hall–Kier alpha value is -1.44. The van der Waals surface area contributed by atoms with E-state index in [0.717, 1.165) is 12.8 Å². The van der Waals surface area contributed by atoms with Crippen molar-refractivity contribution >= 4 is 15.9 Å². The van der Waals surface area contributed by atoms with E-state index in [-0.39, 0.29) is 29.9 Å². The van der Waals surface area contributed by atoms with E-state index < -0.39 is 10.0 Å². The van der Waals surface area contributed by atoms with Gasteiger partial charge in [0.05, 0.1) is 11.4 Å². The van der Waals surface area contributed by atoms with E-state index in [1.54, 1.807) is 23.1 Å². The van der Waals surface area contributed by atoms with Crippen LogP contribution in [0.1, 0.15) is 12.8 Å². The topological polar surface area (TPSA) is 86.7 Å². The molecule has 1 heterocycles. The molecule has 1 aromatic rings. The first-order valence-electron chi connectivity index (χ1n) is 6.96. The zero-order valence-corrected chi connectivity index (χ0v) is 12.6. The smallest absolute Gasteiger partial charge is 0.241 e. The Kier molecular flexibility index (Phi) is 5.33. The lowest BCUT2D eigenvalue weighted by atomic mass is 9.98. The summed E-state index contributed by atoms with van der Waals surface area (Å²) in [7, 11) is -3.65. The molecule has 2 N–H and O–H groups in total. The van der Waals surface area contributed by atoms with Crippen molar-refractivity contribution in [2.75, 3.05) is 26.2 Å². The molecule has 0 unspecified atom stereocenters. The van der Waals surface area contributed by atoms with Crippen molar-refractivity contribution in [3.63, 3.8) is 0 Å². The molecule has 1 fully saturated rings. The number of hydrogen-bond donors (Lipinski definition) is 2. The largest absolute Gasteiger partial charge is 0.396 e. The van der Waals surface area contributed by atoms with Gasteiger partial charge in [-0.05, 0) is 30.9 Å². The molecule has 0 aromatic heterocycles. The van der Waals surface area contributed by atoms with Crippen LogP contribution in [0, 0.1) is 5.92 Å². The molecule has 6 nitrogen and oxygen atoms in total. The molecule has 0 bridgehead atoms. The van der Waals surface area contributed by atoms with Gasteiger partial charge in [-0.25, -0.2) is 13.1 Å². The van der Waals surface area contributed by atoms with Crippen molar-refractivity contribution < 1.29 is 18.3 Å². The monoisotopic (exact) mass is 312 g/mol. The minimum Gasteiger partial charge on any atom is -0.396 e. The predicted octanol–water partition coefficient (Wildman–Crippen LogP) is 0.196. The molecule has 1 aliphatic heterocycles. The maximum absolute atomic E-state index is 12.0. The second-order valence-corrected chi connectivity index (χ2v) is 6.91. The molecule has 0 saturated carbocycles. The maximum atomic E-state index is 12.0. The molecule has 116 valence electrons. The molecule has 1 aromatic carbocycles. The summed E-state index contributed by atoms with van der Waals surface area (Å²) in [4.78, 5) is 13.8. The van der Waals surface area contributed by atoms with Gasteiger partial charge in [0.1, 0.15) is 0 Å². The lowest BCUT2D eigenvalue weighted by molar-refractivity contribution is -0.131. The Morgan fingerprint density at radius 1 is 1.24 bits per heavy atom. The minimum absolute atomic E-state index is 0.142. The van der Waals surface area contributed by atoms with E-state index in [2.05, 4.69) is 4.72 Å². The molecule has 1 amide bonds. The zero-order valence-electron chi connectivity index (χ0n) is 11.7. The molecule has 7 heteroatoms. The van der Waals surface area contributed by atoms with Crippen LogP contribution in [0.25, 0.3) is 0 Å². The highest BCUT2D eigenvalue weighted by atomic mass is 32.2. The summed E-state index contributed by atoms with van der Waals surface area (Å²) in [6.45, 7) is 1.04. The summed E-state index contributed by atoms with van der Waals surface area (Å²) < 4.78 is 26.3. The minimum atomic E-state index is -3.65. The molecule has 0 radical (unpaired) electrons. The fourth-order valence-corrected chi connectivity index (χ4v) is 3.31. The Labute approximate surface area is 124 Å². The third-order valence-electron chi connectivity index (χ3n) is 3.69. The summed E-state index contributed by atoms with van der Waals surface area (Å²) >= 11 is 0. The van der Waals surface area contributed by atoms with E-state index in [9.17, 15) is 13.2 Å². The van der Waals surface area contributed by atoms with Gasteiger partial charge in [-0.3, -0.25) is 4.79 Å². The SMILES string of the molecule is O=C(CNS(=O)(=O)c1ccccc1)N1CCC(CO)CC1. The van der Waals surface area contributed by atoms with E-state index in [1.165, 1.54) is 12.1 Å². The standard InChI is InChI=1S/C14H20N2O4S/c17-11-12-6-8-16(9-7-12)14(18)10-15-21(19,20)13-4-2-1-3-5-13/h1-5,12,15,17H,6-11H2. The Bertz CT molecular complexity index is 566. The van der Waals surface area contributed by atoms with E-state index in [1.807, 2.05) is 0 Å². The molecular weight excluding hydrogens is 292 g/mol. The quantitative estimate of drug-likeness (QED) is 0.813. The summed E-state index contributed by atoms with van der Waals surface area (Å²) in [5.41, 5.74) is 0. The van der Waals surface area contributed by atoms with Crippen molar-refractivity contribution in [3.05, 3.63) is 30.3 Å². The molecule has 21 heavy (non-hydrogen) atoms. The van der Waals surface area contributed by atoms with Crippen LogP contribution in [-0.2, 0) is 14.8 Å². The summed E-state index contributed by atoms with van der Waals surface area (Å²) in [6.07, 6.45) is 1.52. The average Bonchev–Trinajstić information content (AvgIpc) is 2.53. The lowest BCUT2D eigenvalue weighted by Gasteiger charge is -2.31. The Morgan fingerprint density at radius 3 is 2.43 bits per heavy atom. The highest BCUT2D eigenvalue weighted by molar-refractivity contribution is 7.89. The number of aliphatic hydroxyl groups excluding tert-OH is 1. The molecule has 0 spiro atoms. The lowest BCUT2D eigenvalue weighted by Crippen LogP contribution is -2.44. The van der Waals surface area contributed by atoms with E-state index in [4.69, 9.17) is 5.11 Å². The number of rotatable bonds is 5. The van der Waals surface area contributed by atoms with Crippen LogP contribution in [0.3, 0.4) is 0 Å². The van der Waals surface area contributed by atoms with Crippen molar-refractivity contribution in [1.82, 2.24) is 9.62 Å². The summed E-state index contributed by atoms with van der Waals surface area (Å²) in [5, 5.41) is 9.06. The van der Waals surface area contributed by atoms with Gasteiger partial charge in [0, 0.05) is 19.7 Å². The third-order valence-corrected chi connectivity index (χ3v) is 5.11. The number of hydrogen-bond acceptors (Lipinski definition) is 4. The summed E-state index contributed by atoms with van der Waals surface area (Å²) in [5.74, 6) is 0.0148. The van der Waals surface area contributed by atoms with Crippen LogP contribution < -0.4 is 4.72 Å². The number of amides is 1. The number of nitrogens with one attached hydrogen (secondary N) is 1. The van der Waals surface area contributed by atoms with Crippen LogP contribution in [0.4, 0.5) is 0 Å². The van der Waals surface area contributed by atoms with E-state index in [0.29, 0.717) is 13.1 Å². The molecular formula is C14H20N2O4S. The second kappa shape index (κ2) is 7.02. The number of aliphatic hydroxyl groups is 1. The number of benzene rings is 1. The van der Waals surface area contributed by atoms with Crippen molar-refractivity contribution in [1.29, 1.82) is 0 Å². The fraction of sp³-hybridized carbons (Fsp3) is 0.500. The third kappa shape index (κ3) is 4.26. The number of piperidine rings is 1. The summed E-state index contributed by atoms with van der Waals surface area (Å²) in [6, 6.07) is 7.97. The van der Waals surface area contributed by atoms with Gasteiger partial charge in [-0.15, -0.1) is 0 Å². The van der Waals surface area contributed by atoms with Crippen molar-refractivity contribution in [2.24, 2.45) is 5.92 Å². The number of likely N-dealkylation sites (tertiary alicyclic amines) is 1. The highest BCUT2D eigenvalue weighted by Crippen LogP contribution is 2.16. The first kappa shape index (κ1) is 15.9. The number of sulfonamides is 1.